The van der Waals surface area contributed by atoms with Crippen molar-refractivity contribution in [1.29, 1.82) is 0 Å². The maximum Gasteiger partial charge on any atom is 0.318 e. The molecule has 30 heavy (non-hydrogen) atoms. The number of hydrogen-bond acceptors (Lipinski definition) is 5. The number of hydrogen-bond donors (Lipinski definition) is 2. The zero-order chi connectivity index (χ0) is 22.3. The van der Waals surface area contributed by atoms with E-state index in [0.717, 1.165) is 12.5 Å². The lowest BCUT2D eigenvalue weighted by Gasteiger charge is -2.41. The number of ketones is 1. The lowest BCUT2D eigenvalue weighted by molar-refractivity contribution is -0.555. The average Bonchev–Trinajstić information content (AvgIpc) is 2.97. The molecule has 3 rings (SSSR count). The van der Waals surface area contributed by atoms with Crippen LogP contribution in [0.2, 0.25) is 0 Å². The third-order valence-electron chi connectivity index (χ3n) is 6.79. The SMILES string of the molecule is CC[C@]1(c2ccc(C)cc2)[C@H]([N+](=O)[O-])[C@@](O)(c2ccccc2)C[C@@]1(C(C)=O)C(=O)O. The first-order valence-corrected chi connectivity index (χ1v) is 9.81. The van der Waals surface area contributed by atoms with E-state index >= 15 is 0 Å². The summed E-state index contributed by atoms with van der Waals surface area (Å²) in [4.78, 5) is 37.6. The molecule has 4 atom stereocenters. The second-order valence-corrected chi connectivity index (χ2v) is 8.11. The van der Waals surface area contributed by atoms with E-state index in [0.29, 0.717) is 5.56 Å². The van der Waals surface area contributed by atoms with Gasteiger partial charge in [-0.3, -0.25) is 19.7 Å². The van der Waals surface area contributed by atoms with E-state index in [9.17, 15) is 29.9 Å². The van der Waals surface area contributed by atoms with Crippen LogP contribution in [0.25, 0.3) is 0 Å². The molecule has 7 heteroatoms. The number of aliphatic carboxylic acids is 1. The van der Waals surface area contributed by atoms with Crippen molar-refractivity contribution in [3.8, 4) is 0 Å². The highest BCUT2D eigenvalue weighted by atomic mass is 16.6. The normalized spacial score (nSPS) is 30.7. The summed E-state index contributed by atoms with van der Waals surface area (Å²) in [5.74, 6) is -2.17. The van der Waals surface area contributed by atoms with E-state index in [4.69, 9.17) is 0 Å². The highest BCUT2D eigenvalue weighted by Crippen LogP contribution is 2.64. The number of aliphatic hydroxyl groups is 1. The third kappa shape index (κ3) is 2.69. The number of benzene rings is 2. The van der Waals surface area contributed by atoms with Gasteiger partial charge in [0.05, 0.1) is 5.41 Å². The summed E-state index contributed by atoms with van der Waals surface area (Å²) in [7, 11) is 0. The Hall–Kier alpha value is -3.06. The number of Topliss-reactive ketones (excluding diaryl/α,β-unsaturated/α-hetero) is 1. The molecule has 0 radical (unpaired) electrons. The molecule has 0 amide bonds. The van der Waals surface area contributed by atoms with Gasteiger partial charge in [0.25, 0.3) is 6.04 Å². The van der Waals surface area contributed by atoms with Crippen molar-refractivity contribution in [2.24, 2.45) is 5.41 Å². The molecular weight excluding hydrogens is 386 g/mol. The molecule has 7 nitrogen and oxygen atoms in total. The first-order chi connectivity index (χ1) is 14.1. The predicted molar refractivity (Wildman–Crippen MR) is 110 cm³/mol. The molecule has 0 heterocycles. The van der Waals surface area contributed by atoms with Gasteiger partial charge in [0, 0.05) is 11.3 Å². The number of carboxylic acids is 1. The van der Waals surface area contributed by atoms with Crippen molar-refractivity contribution in [2.75, 3.05) is 0 Å². The summed E-state index contributed by atoms with van der Waals surface area (Å²) < 4.78 is 0. The van der Waals surface area contributed by atoms with Crippen LogP contribution in [0.1, 0.15) is 43.4 Å². The molecule has 2 aromatic rings. The number of carbonyl (C=O) groups is 2. The molecule has 1 saturated carbocycles. The molecule has 1 fully saturated rings. The predicted octanol–water partition coefficient (Wildman–Crippen LogP) is 3.24. The van der Waals surface area contributed by atoms with Gasteiger partial charge in [-0.05, 0) is 31.4 Å². The lowest BCUT2D eigenvalue weighted by Crippen LogP contribution is -2.58. The Bertz CT molecular complexity index is 973. The molecule has 2 N–H and O–H groups in total. The Kier molecular flexibility index (Phi) is 5.28. The Morgan fingerprint density at radius 3 is 2.10 bits per heavy atom. The fourth-order valence-electron chi connectivity index (χ4n) is 5.45. The van der Waals surface area contributed by atoms with Crippen LogP contribution in [0.15, 0.2) is 54.6 Å². The molecule has 0 spiro atoms. The molecule has 1 aliphatic rings. The van der Waals surface area contributed by atoms with E-state index in [2.05, 4.69) is 0 Å². The maximum absolute atomic E-state index is 13.0. The van der Waals surface area contributed by atoms with Crippen LogP contribution in [0.3, 0.4) is 0 Å². The monoisotopic (exact) mass is 411 g/mol. The largest absolute Gasteiger partial charge is 0.480 e. The van der Waals surface area contributed by atoms with Crippen LogP contribution in [-0.4, -0.2) is 32.9 Å². The third-order valence-corrected chi connectivity index (χ3v) is 6.79. The van der Waals surface area contributed by atoms with Gasteiger partial charge < -0.3 is 10.2 Å². The number of aryl methyl sites for hydroxylation is 1. The van der Waals surface area contributed by atoms with Crippen LogP contribution in [0, 0.1) is 22.5 Å². The van der Waals surface area contributed by atoms with Crippen molar-refractivity contribution >= 4 is 11.8 Å². The van der Waals surface area contributed by atoms with E-state index in [1.807, 2.05) is 6.92 Å². The summed E-state index contributed by atoms with van der Waals surface area (Å²) in [5, 5.41) is 34.6. The molecule has 0 saturated heterocycles. The molecule has 0 aliphatic heterocycles. The van der Waals surface area contributed by atoms with Gasteiger partial charge in [-0.1, -0.05) is 67.1 Å². The van der Waals surface area contributed by atoms with Gasteiger partial charge in [0.2, 0.25) is 0 Å². The van der Waals surface area contributed by atoms with Gasteiger partial charge in [0.15, 0.2) is 5.60 Å². The van der Waals surface area contributed by atoms with Gasteiger partial charge in [0.1, 0.15) is 11.2 Å². The molecule has 2 aromatic carbocycles. The molecule has 0 unspecified atom stereocenters. The Labute approximate surface area is 174 Å². The molecule has 0 aromatic heterocycles. The van der Waals surface area contributed by atoms with Gasteiger partial charge in [-0.2, -0.15) is 0 Å². The first kappa shape index (κ1) is 21.6. The Balaban J connectivity index is 2.48. The standard InChI is InChI=1S/C23H25NO6/c1-4-21(17-12-10-15(2)11-13-17)19(24(29)30)23(28,18-8-6-5-7-9-18)14-22(21,16(3)25)20(26)27/h5-13,19,28H,4,14H2,1-3H3,(H,26,27)/t19-,21-,22+,23-/m0/s1. The molecule has 0 bridgehead atoms. The van der Waals surface area contributed by atoms with E-state index in [1.54, 1.807) is 49.4 Å². The van der Waals surface area contributed by atoms with Gasteiger partial charge >= 0.3 is 5.97 Å². The first-order valence-electron chi connectivity index (χ1n) is 9.81. The van der Waals surface area contributed by atoms with E-state index in [1.165, 1.54) is 12.1 Å². The van der Waals surface area contributed by atoms with Crippen molar-refractivity contribution in [3.63, 3.8) is 0 Å². The minimum Gasteiger partial charge on any atom is -0.480 e. The molecular formula is C23H25NO6. The number of nitro groups is 1. The summed E-state index contributed by atoms with van der Waals surface area (Å²) >= 11 is 0. The summed E-state index contributed by atoms with van der Waals surface area (Å²) in [6.07, 6.45) is -0.592. The maximum atomic E-state index is 13.0. The fourth-order valence-corrected chi connectivity index (χ4v) is 5.45. The Morgan fingerprint density at radius 1 is 1.10 bits per heavy atom. The van der Waals surface area contributed by atoms with Crippen LogP contribution >= 0.6 is 0 Å². The quantitative estimate of drug-likeness (QED) is 0.428. The smallest absolute Gasteiger partial charge is 0.318 e. The van der Waals surface area contributed by atoms with Gasteiger partial charge in [-0.25, -0.2) is 0 Å². The second kappa shape index (κ2) is 7.32. The highest BCUT2D eigenvalue weighted by Gasteiger charge is 2.80. The second-order valence-electron chi connectivity index (χ2n) is 8.11. The van der Waals surface area contributed by atoms with Crippen LogP contribution in [0.5, 0.6) is 0 Å². The van der Waals surface area contributed by atoms with Crippen molar-refractivity contribution in [1.82, 2.24) is 0 Å². The number of rotatable bonds is 6. The zero-order valence-electron chi connectivity index (χ0n) is 17.2. The minimum absolute atomic E-state index is 0.0112. The topological polar surface area (TPSA) is 118 Å². The Morgan fingerprint density at radius 2 is 1.67 bits per heavy atom. The van der Waals surface area contributed by atoms with Crippen molar-refractivity contribution in [2.45, 2.75) is 50.7 Å². The molecule has 1 aliphatic carbocycles. The van der Waals surface area contributed by atoms with Crippen molar-refractivity contribution in [3.05, 3.63) is 81.4 Å². The lowest BCUT2D eigenvalue weighted by atomic mass is 9.57. The van der Waals surface area contributed by atoms with Crippen LogP contribution in [-0.2, 0) is 20.6 Å². The van der Waals surface area contributed by atoms with Crippen LogP contribution in [0.4, 0.5) is 0 Å². The average molecular weight is 411 g/mol. The van der Waals surface area contributed by atoms with E-state index < -0.39 is 45.6 Å². The van der Waals surface area contributed by atoms with Crippen LogP contribution < -0.4 is 0 Å². The fraction of sp³-hybridized carbons (Fsp3) is 0.391. The number of nitrogens with zero attached hydrogens (tertiary/aromatic N) is 1. The number of carboxylic acid groups (broad SMARTS) is 1. The summed E-state index contributed by atoms with van der Waals surface area (Å²) in [5.41, 5.74) is -4.58. The molecule has 158 valence electrons. The summed E-state index contributed by atoms with van der Waals surface area (Å²) in [6, 6.07) is 13.0. The van der Waals surface area contributed by atoms with Crippen molar-refractivity contribution < 1.29 is 24.7 Å². The number of carbonyl (C=O) groups excluding carboxylic acids is 1. The zero-order valence-corrected chi connectivity index (χ0v) is 17.2. The summed E-state index contributed by atoms with van der Waals surface area (Å²) in [6.45, 7) is 4.62. The minimum atomic E-state index is -2.17. The van der Waals surface area contributed by atoms with Gasteiger partial charge in [-0.15, -0.1) is 0 Å². The van der Waals surface area contributed by atoms with E-state index in [-0.39, 0.29) is 12.0 Å². The highest BCUT2D eigenvalue weighted by molar-refractivity contribution is 6.05.